The Labute approximate surface area is 179 Å². The van der Waals surface area contributed by atoms with Gasteiger partial charge in [-0.15, -0.1) is 0 Å². The van der Waals surface area contributed by atoms with Crippen LogP contribution in [0.25, 0.3) is 11.3 Å². The molecule has 0 unspecified atom stereocenters. The van der Waals surface area contributed by atoms with Crippen molar-refractivity contribution in [3.8, 4) is 17.0 Å². The molecule has 0 aliphatic carbocycles. The highest BCUT2D eigenvalue weighted by Crippen LogP contribution is 2.20. The fraction of sp³-hybridized carbons (Fsp3) is 0.217. The van der Waals surface area contributed by atoms with E-state index < -0.39 is 11.9 Å². The maximum absolute atomic E-state index is 12.4. The van der Waals surface area contributed by atoms with Crippen LogP contribution < -0.4 is 15.6 Å². The molecule has 1 N–H and O–H groups in total. The van der Waals surface area contributed by atoms with Crippen molar-refractivity contribution in [3.05, 3.63) is 76.6 Å². The Bertz CT molecular complexity index is 1110. The summed E-state index contributed by atoms with van der Waals surface area (Å²) in [5.41, 5.74) is 1.86. The summed E-state index contributed by atoms with van der Waals surface area (Å²) in [7, 11) is 0. The molecule has 1 aromatic heterocycles. The van der Waals surface area contributed by atoms with Crippen molar-refractivity contribution >= 4 is 17.6 Å². The molecule has 3 rings (SSSR count). The van der Waals surface area contributed by atoms with Crippen LogP contribution in [-0.4, -0.2) is 34.9 Å². The van der Waals surface area contributed by atoms with Crippen LogP contribution in [0.1, 0.15) is 24.2 Å². The number of anilines is 1. The predicted molar refractivity (Wildman–Crippen MR) is 116 cm³/mol. The maximum atomic E-state index is 12.4. The van der Waals surface area contributed by atoms with Crippen molar-refractivity contribution in [2.45, 2.75) is 20.4 Å². The number of carbonyl (C=O) groups excluding carboxylic acids is 2. The summed E-state index contributed by atoms with van der Waals surface area (Å²) >= 11 is 0. The van der Waals surface area contributed by atoms with Crippen molar-refractivity contribution in [2.75, 3.05) is 18.5 Å². The average Bonchev–Trinajstić information content (AvgIpc) is 2.77. The molecule has 31 heavy (non-hydrogen) atoms. The lowest BCUT2D eigenvalue weighted by molar-refractivity contribution is -0.117. The molecular formula is C23H23N3O5. The first kappa shape index (κ1) is 21.8. The van der Waals surface area contributed by atoms with Gasteiger partial charge in [0.1, 0.15) is 12.3 Å². The summed E-state index contributed by atoms with van der Waals surface area (Å²) in [5, 5.41) is 6.99. The van der Waals surface area contributed by atoms with Crippen LogP contribution in [0.2, 0.25) is 0 Å². The number of nitrogens with zero attached hydrogens (tertiary/aromatic N) is 2. The molecule has 1 heterocycles. The lowest BCUT2D eigenvalue weighted by atomic mass is 10.1. The van der Waals surface area contributed by atoms with Crippen LogP contribution in [-0.2, 0) is 16.1 Å². The quantitative estimate of drug-likeness (QED) is 0.561. The van der Waals surface area contributed by atoms with E-state index in [1.165, 1.54) is 6.07 Å². The molecule has 1 amide bonds. The molecule has 8 nitrogen and oxygen atoms in total. The highest BCUT2D eigenvalue weighted by atomic mass is 16.5. The standard InChI is InChI=1S/C23H23N3O5/c1-3-30-19-11-7-16(8-12-19)20-13-14-22(28)26(25-20)15-21(27)24-18-9-5-17(6-10-18)23(29)31-4-2/h5-14H,3-4,15H2,1-2H3,(H,24,27). The SMILES string of the molecule is CCOC(=O)c1ccc(NC(=O)Cn2nc(-c3ccc(OCC)cc3)ccc2=O)cc1. The van der Waals surface area contributed by atoms with E-state index in [9.17, 15) is 14.4 Å². The second-order valence-electron chi connectivity index (χ2n) is 6.52. The minimum atomic E-state index is -0.428. The van der Waals surface area contributed by atoms with Gasteiger partial charge >= 0.3 is 5.97 Å². The second kappa shape index (κ2) is 10.2. The van der Waals surface area contributed by atoms with E-state index in [0.717, 1.165) is 16.0 Å². The van der Waals surface area contributed by atoms with Crippen molar-refractivity contribution in [2.24, 2.45) is 0 Å². The van der Waals surface area contributed by atoms with Crippen LogP contribution in [0.15, 0.2) is 65.5 Å². The predicted octanol–water partition coefficient (Wildman–Crippen LogP) is 3.12. The summed E-state index contributed by atoms with van der Waals surface area (Å²) in [6, 6.07) is 16.6. The van der Waals surface area contributed by atoms with Gasteiger partial charge in [-0.1, -0.05) is 0 Å². The van der Waals surface area contributed by atoms with Crippen LogP contribution in [0, 0.1) is 0 Å². The molecule has 0 aliphatic heterocycles. The topological polar surface area (TPSA) is 99.5 Å². The number of aromatic nitrogens is 2. The fourth-order valence-corrected chi connectivity index (χ4v) is 2.85. The lowest BCUT2D eigenvalue weighted by Crippen LogP contribution is -2.29. The van der Waals surface area contributed by atoms with E-state index in [-0.39, 0.29) is 18.7 Å². The Kier molecular flexibility index (Phi) is 7.16. The molecule has 0 aliphatic rings. The Hall–Kier alpha value is -3.94. The zero-order chi connectivity index (χ0) is 22.2. The Morgan fingerprint density at radius 2 is 1.65 bits per heavy atom. The van der Waals surface area contributed by atoms with Crippen molar-refractivity contribution < 1.29 is 19.1 Å². The third-order valence-corrected chi connectivity index (χ3v) is 4.30. The molecule has 0 atom stereocenters. The molecule has 0 spiro atoms. The lowest BCUT2D eigenvalue weighted by Gasteiger charge is -2.09. The van der Waals surface area contributed by atoms with Crippen LogP contribution in [0.5, 0.6) is 5.75 Å². The van der Waals surface area contributed by atoms with E-state index in [1.807, 2.05) is 31.2 Å². The van der Waals surface area contributed by atoms with Gasteiger partial charge in [-0.25, -0.2) is 9.48 Å². The van der Waals surface area contributed by atoms with Crippen LogP contribution in [0.4, 0.5) is 5.69 Å². The summed E-state index contributed by atoms with van der Waals surface area (Å²) in [6.45, 7) is 4.25. The molecule has 8 heteroatoms. The number of nitrogens with one attached hydrogen (secondary N) is 1. The first-order chi connectivity index (χ1) is 15.0. The second-order valence-corrected chi connectivity index (χ2v) is 6.52. The molecule has 0 saturated carbocycles. The Morgan fingerprint density at radius 3 is 2.29 bits per heavy atom. The average molecular weight is 421 g/mol. The molecule has 160 valence electrons. The number of ether oxygens (including phenoxy) is 2. The van der Waals surface area contributed by atoms with E-state index in [4.69, 9.17) is 9.47 Å². The van der Waals surface area contributed by atoms with E-state index in [1.54, 1.807) is 37.3 Å². The van der Waals surface area contributed by atoms with Gasteiger partial charge in [0.05, 0.1) is 24.5 Å². The van der Waals surface area contributed by atoms with E-state index in [0.29, 0.717) is 23.6 Å². The van der Waals surface area contributed by atoms with E-state index in [2.05, 4.69) is 10.4 Å². The highest BCUT2D eigenvalue weighted by molar-refractivity contribution is 5.93. The molecule has 0 fully saturated rings. The summed E-state index contributed by atoms with van der Waals surface area (Å²) in [4.78, 5) is 36.3. The van der Waals surface area contributed by atoms with Crippen molar-refractivity contribution in [1.82, 2.24) is 9.78 Å². The van der Waals surface area contributed by atoms with E-state index >= 15 is 0 Å². The first-order valence-electron chi connectivity index (χ1n) is 9.88. The van der Waals surface area contributed by atoms with Gasteiger partial charge in [0, 0.05) is 17.3 Å². The molecule has 0 radical (unpaired) electrons. The molecule has 2 aromatic carbocycles. The van der Waals surface area contributed by atoms with Gasteiger partial charge in [-0.2, -0.15) is 5.10 Å². The normalized spacial score (nSPS) is 10.4. The summed E-state index contributed by atoms with van der Waals surface area (Å²) in [5.74, 6) is -0.0995. The highest BCUT2D eigenvalue weighted by Gasteiger charge is 2.10. The number of hydrogen-bond acceptors (Lipinski definition) is 6. The number of benzene rings is 2. The van der Waals surface area contributed by atoms with Gasteiger partial charge in [-0.3, -0.25) is 9.59 Å². The molecule has 0 bridgehead atoms. The van der Waals surface area contributed by atoms with Gasteiger partial charge in [0.25, 0.3) is 5.56 Å². The number of amides is 1. The fourth-order valence-electron chi connectivity index (χ4n) is 2.85. The minimum absolute atomic E-state index is 0.247. The number of esters is 1. The summed E-state index contributed by atoms with van der Waals surface area (Å²) in [6.07, 6.45) is 0. The van der Waals surface area contributed by atoms with Gasteiger partial charge in [0.2, 0.25) is 5.91 Å². The largest absolute Gasteiger partial charge is 0.494 e. The maximum Gasteiger partial charge on any atom is 0.338 e. The zero-order valence-corrected chi connectivity index (χ0v) is 17.3. The summed E-state index contributed by atoms with van der Waals surface area (Å²) < 4.78 is 11.5. The zero-order valence-electron chi connectivity index (χ0n) is 17.3. The monoisotopic (exact) mass is 421 g/mol. The van der Waals surface area contributed by atoms with Gasteiger partial charge < -0.3 is 14.8 Å². The Morgan fingerprint density at radius 1 is 0.935 bits per heavy atom. The third-order valence-electron chi connectivity index (χ3n) is 4.30. The van der Waals surface area contributed by atoms with Crippen LogP contribution >= 0.6 is 0 Å². The first-order valence-corrected chi connectivity index (χ1v) is 9.88. The van der Waals surface area contributed by atoms with Crippen molar-refractivity contribution in [1.29, 1.82) is 0 Å². The number of hydrogen-bond donors (Lipinski definition) is 1. The van der Waals surface area contributed by atoms with Crippen LogP contribution in [0.3, 0.4) is 0 Å². The van der Waals surface area contributed by atoms with Gasteiger partial charge in [0.15, 0.2) is 0 Å². The number of rotatable bonds is 8. The third kappa shape index (κ3) is 5.79. The molecule has 3 aromatic rings. The number of carbonyl (C=O) groups is 2. The smallest absolute Gasteiger partial charge is 0.338 e. The molecular weight excluding hydrogens is 398 g/mol. The minimum Gasteiger partial charge on any atom is -0.494 e. The van der Waals surface area contributed by atoms with Crippen molar-refractivity contribution in [3.63, 3.8) is 0 Å². The Balaban J connectivity index is 1.69. The van der Waals surface area contributed by atoms with Gasteiger partial charge in [-0.05, 0) is 68.4 Å². The molecule has 0 saturated heterocycles.